The Morgan fingerprint density at radius 3 is 2.48 bits per heavy atom. The van der Waals surface area contributed by atoms with E-state index in [1.54, 1.807) is 6.07 Å². The van der Waals surface area contributed by atoms with E-state index in [4.69, 9.17) is 17.3 Å². The summed E-state index contributed by atoms with van der Waals surface area (Å²) in [5, 5.41) is 3.39. The molecule has 0 aliphatic rings. The third-order valence-electron chi connectivity index (χ3n) is 3.49. The molecule has 0 bridgehead atoms. The highest BCUT2D eigenvalue weighted by Gasteiger charge is 2.20. The zero-order chi connectivity index (χ0) is 17.6. The van der Waals surface area contributed by atoms with Crippen molar-refractivity contribution in [2.45, 2.75) is 18.5 Å². The SMILES string of the molecule is CN(C)C(CNC(=O)C(N)CCS(C)(=O)=O)c1ccccc1Cl. The molecule has 3 N–H and O–H groups in total. The minimum atomic E-state index is -3.13. The summed E-state index contributed by atoms with van der Waals surface area (Å²) in [5.74, 6) is -0.476. The maximum atomic E-state index is 12.0. The molecule has 0 aromatic heterocycles. The molecule has 0 aliphatic carbocycles. The fourth-order valence-electron chi connectivity index (χ4n) is 2.12. The summed E-state index contributed by atoms with van der Waals surface area (Å²) in [6.07, 6.45) is 1.22. The molecular weight excluding hydrogens is 338 g/mol. The van der Waals surface area contributed by atoms with Crippen LogP contribution >= 0.6 is 11.6 Å². The first-order valence-corrected chi connectivity index (χ1v) is 9.67. The summed E-state index contributed by atoms with van der Waals surface area (Å²) in [4.78, 5) is 14.0. The van der Waals surface area contributed by atoms with Crippen LogP contribution in [0.15, 0.2) is 24.3 Å². The molecule has 23 heavy (non-hydrogen) atoms. The Balaban J connectivity index is 2.66. The summed E-state index contributed by atoms with van der Waals surface area (Å²) < 4.78 is 22.3. The van der Waals surface area contributed by atoms with Crippen molar-refractivity contribution in [3.63, 3.8) is 0 Å². The largest absolute Gasteiger partial charge is 0.353 e. The van der Waals surface area contributed by atoms with Crippen LogP contribution in [0.1, 0.15) is 18.0 Å². The molecule has 0 radical (unpaired) electrons. The molecule has 0 spiro atoms. The summed E-state index contributed by atoms with van der Waals surface area (Å²) in [7, 11) is 0.653. The number of nitrogens with zero attached hydrogens (tertiary/aromatic N) is 1. The lowest BCUT2D eigenvalue weighted by Crippen LogP contribution is -2.44. The Kier molecular flexibility index (Phi) is 7.47. The number of halogens is 1. The molecule has 2 unspecified atom stereocenters. The van der Waals surface area contributed by atoms with E-state index in [-0.39, 0.29) is 24.1 Å². The molecule has 1 amide bonds. The lowest BCUT2D eigenvalue weighted by atomic mass is 10.1. The van der Waals surface area contributed by atoms with Crippen molar-refractivity contribution in [3.05, 3.63) is 34.9 Å². The van der Waals surface area contributed by atoms with Crippen molar-refractivity contribution >= 4 is 27.3 Å². The Bertz CT molecular complexity index is 635. The standard InChI is InChI=1S/C15H24ClN3O3S/c1-19(2)14(11-6-4-5-7-12(11)16)10-18-15(20)13(17)8-9-23(3,21)22/h4-7,13-14H,8-10,17H2,1-3H3,(H,18,20). The second-order valence-electron chi connectivity index (χ2n) is 5.77. The summed E-state index contributed by atoms with van der Waals surface area (Å²) >= 11 is 6.21. The molecule has 6 nitrogen and oxygen atoms in total. The van der Waals surface area contributed by atoms with Crippen LogP contribution in [0.2, 0.25) is 5.02 Å². The Morgan fingerprint density at radius 1 is 1.35 bits per heavy atom. The van der Waals surface area contributed by atoms with Crippen LogP contribution in [0.25, 0.3) is 0 Å². The lowest BCUT2D eigenvalue weighted by molar-refractivity contribution is -0.122. The number of hydrogen-bond acceptors (Lipinski definition) is 5. The molecule has 0 saturated carbocycles. The topological polar surface area (TPSA) is 92.5 Å². The predicted octanol–water partition coefficient (Wildman–Crippen LogP) is 0.821. The van der Waals surface area contributed by atoms with E-state index in [1.807, 2.05) is 37.2 Å². The third-order valence-corrected chi connectivity index (χ3v) is 4.82. The summed E-state index contributed by atoms with van der Waals surface area (Å²) in [6.45, 7) is 0.335. The molecule has 130 valence electrons. The molecule has 1 aromatic rings. The van der Waals surface area contributed by atoms with Crippen LogP contribution in [0.4, 0.5) is 0 Å². The second-order valence-corrected chi connectivity index (χ2v) is 8.44. The van der Waals surface area contributed by atoms with Gasteiger partial charge in [-0.15, -0.1) is 0 Å². The molecule has 1 aromatic carbocycles. The van der Waals surface area contributed by atoms with Gasteiger partial charge < -0.3 is 16.0 Å². The van der Waals surface area contributed by atoms with Gasteiger partial charge in [-0.3, -0.25) is 4.79 Å². The van der Waals surface area contributed by atoms with Gasteiger partial charge in [0.05, 0.1) is 17.8 Å². The number of rotatable bonds is 8. The van der Waals surface area contributed by atoms with Gasteiger partial charge in [0.2, 0.25) is 5.91 Å². The van der Waals surface area contributed by atoms with Crippen molar-refractivity contribution in [2.24, 2.45) is 5.73 Å². The lowest BCUT2D eigenvalue weighted by Gasteiger charge is -2.26. The maximum Gasteiger partial charge on any atom is 0.237 e. The highest BCUT2D eigenvalue weighted by atomic mass is 35.5. The van der Waals surface area contributed by atoms with Gasteiger partial charge in [-0.2, -0.15) is 0 Å². The van der Waals surface area contributed by atoms with Crippen molar-refractivity contribution in [2.75, 3.05) is 32.6 Å². The molecule has 0 fully saturated rings. The van der Waals surface area contributed by atoms with Crippen LogP contribution in [-0.4, -0.2) is 57.9 Å². The quantitative estimate of drug-likeness (QED) is 0.715. The van der Waals surface area contributed by atoms with Gasteiger partial charge in [-0.1, -0.05) is 29.8 Å². The Labute approximate surface area is 142 Å². The number of sulfone groups is 1. The van der Waals surface area contributed by atoms with Crippen molar-refractivity contribution in [1.82, 2.24) is 10.2 Å². The summed E-state index contributed by atoms with van der Waals surface area (Å²) in [6, 6.07) is 6.49. The average molecular weight is 362 g/mol. The van der Waals surface area contributed by atoms with Crippen LogP contribution in [0.3, 0.4) is 0 Å². The molecule has 0 heterocycles. The first-order chi connectivity index (χ1) is 10.6. The number of nitrogens with two attached hydrogens (primary N) is 1. The molecule has 0 saturated heterocycles. The predicted molar refractivity (Wildman–Crippen MR) is 93.2 cm³/mol. The fraction of sp³-hybridized carbons (Fsp3) is 0.533. The van der Waals surface area contributed by atoms with E-state index in [2.05, 4.69) is 5.32 Å². The Hall–Kier alpha value is -1.15. The monoisotopic (exact) mass is 361 g/mol. The van der Waals surface area contributed by atoms with Gasteiger partial charge in [0, 0.05) is 17.8 Å². The van der Waals surface area contributed by atoms with E-state index in [1.165, 1.54) is 0 Å². The van der Waals surface area contributed by atoms with Crippen LogP contribution in [0, 0.1) is 0 Å². The zero-order valence-corrected chi connectivity index (χ0v) is 15.2. The zero-order valence-electron chi connectivity index (χ0n) is 13.6. The number of benzene rings is 1. The van der Waals surface area contributed by atoms with E-state index >= 15 is 0 Å². The van der Waals surface area contributed by atoms with Crippen molar-refractivity contribution < 1.29 is 13.2 Å². The van der Waals surface area contributed by atoms with Gasteiger partial charge >= 0.3 is 0 Å². The number of carbonyl (C=O) groups is 1. The van der Waals surface area contributed by atoms with Gasteiger partial charge in [0.1, 0.15) is 9.84 Å². The molecule has 2 atom stereocenters. The minimum Gasteiger partial charge on any atom is -0.353 e. The average Bonchev–Trinajstić information content (AvgIpc) is 2.45. The first-order valence-electron chi connectivity index (χ1n) is 7.23. The van der Waals surface area contributed by atoms with E-state index in [9.17, 15) is 13.2 Å². The van der Waals surface area contributed by atoms with E-state index in [0.717, 1.165) is 11.8 Å². The summed E-state index contributed by atoms with van der Waals surface area (Å²) in [5.41, 5.74) is 6.65. The van der Waals surface area contributed by atoms with Gasteiger partial charge in [-0.05, 0) is 32.1 Å². The molecule has 0 aliphatic heterocycles. The molecule has 8 heteroatoms. The number of likely N-dealkylation sites (N-methyl/N-ethyl adjacent to an activating group) is 1. The number of hydrogen-bond donors (Lipinski definition) is 2. The smallest absolute Gasteiger partial charge is 0.237 e. The van der Waals surface area contributed by atoms with Crippen molar-refractivity contribution in [3.8, 4) is 0 Å². The first kappa shape index (κ1) is 19.9. The number of carbonyl (C=O) groups excluding carboxylic acids is 1. The minimum absolute atomic E-state index is 0.101. The van der Waals surface area contributed by atoms with Gasteiger partial charge in [0.25, 0.3) is 0 Å². The molecular formula is C15H24ClN3O3S. The fourth-order valence-corrected chi connectivity index (χ4v) is 3.06. The van der Waals surface area contributed by atoms with Crippen molar-refractivity contribution in [1.29, 1.82) is 0 Å². The van der Waals surface area contributed by atoms with E-state index in [0.29, 0.717) is 11.6 Å². The highest BCUT2D eigenvalue weighted by Crippen LogP contribution is 2.25. The highest BCUT2D eigenvalue weighted by molar-refractivity contribution is 7.90. The maximum absolute atomic E-state index is 12.0. The third kappa shape index (κ3) is 6.87. The van der Waals surface area contributed by atoms with Crippen LogP contribution in [0.5, 0.6) is 0 Å². The Morgan fingerprint density at radius 2 is 1.96 bits per heavy atom. The number of nitrogens with one attached hydrogen (secondary N) is 1. The van der Waals surface area contributed by atoms with Crippen LogP contribution < -0.4 is 11.1 Å². The molecule has 1 rings (SSSR count). The van der Waals surface area contributed by atoms with Crippen LogP contribution in [-0.2, 0) is 14.6 Å². The van der Waals surface area contributed by atoms with Gasteiger partial charge in [-0.25, -0.2) is 8.42 Å². The normalized spacial score (nSPS) is 14.5. The second kappa shape index (κ2) is 8.63. The van der Waals surface area contributed by atoms with Gasteiger partial charge in [0.15, 0.2) is 0 Å². The van der Waals surface area contributed by atoms with E-state index < -0.39 is 15.9 Å². The number of amides is 1.